The normalized spacial score (nSPS) is 14.0. The Morgan fingerprint density at radius 1 is 0.500 bits per heavy atom. The summed E-state index contributed by atoms with van der Waals surface area (Å²) in [6.07, 6.45) is 14.8. The van der Waals surface area contributed by atoms with Gasteiger partial charge in [0.05, 0.1) is 43.3 Å². The number of hydrogen-bond donors (Lipinski definition) is 12. The summed E-state index contributed by atoms with van der Waals surface area (Å²) in [5.74, 6) is 4.59. The predicted octanol–water partition coefficient (Wildman–Crippen LogP) is 13.0. The number of amides is 2. The van der Waals surface area contributed by atoms with E-state index in [1.54, 1.807) is 54.9 Å². The van der Waals surface area contributed by atoms with Crippen LogP contribution in [0.2, 0.25) is 10.0 Å². The highest BCUT2D eigenvalue weighted by Crippen LogP contribution is 2.43. The first-order chi connectivity index (χ1) is 49.9. The number of benzene rings is 3. The van der Waals surface area contributed by atoms with Gasteiger partial charge in [0.25, 0.3) is 0 Å². The number of primary sulfonamides is 1. The summed E-state index contributed by atoms with van der Waals surface area (Å²) in [6, 6.07) is 26.4. The zero-order valence-electron chi connectivity index (χ0n) is 55.3. The number of anilines is 8. The Bertz CT molecular complexity index is 5330. The van der Waals surface area contributed by atoms with Crippen molar-refractivity contribution < 1.29 is 40.9 Å². The van der Waals surface area contributed by atoms with E-state index in [9.17, 15) is 35.2 Å². The number of carbonyl (C=O) groups is 2. The third kappa shape index (κ3) is 17.5. The van der Waals surface area contributed by atoms with Gasteiger partial charge in [0.15, 0.2) is 69.8 Å². The first kappa shape index (κ1) is 71.3. The standard InChI is InChI=1S/C18H17ClN6O.C17H14ClFN6O.C16H15FN6O2S.C16H18N6O2S2.4H2/c1-9-8-21-18(11-4-5-13(19)12(6-11)16(20)26)23-17(9)22-15-7-14(24-25-15)10-2-3-10;18-11-4-3-9(5-10(11)15(20)26)16-21-7-12(19)17(23-16)22-14-6-13(24-25-14)8-1-2-8;17-12-8-19-15(10-2-1-3-11(6-10)26(18,24)25)21-16(12)20-14-7-13(22-23-14)9-4-5-9;1-9-8-18-16(12-5-6-14(25-12)26(23,24)17-2)20-15(9)19-13-7-11(21-22-13)10-3-4-10;;;;/h4-8,10H,2-3H2,1H3,(H2,20,26)(H2,21,22,23,24,25);3-8H,1-2H2,(H2,20,26)(H2,21,22,23,24,25);1-3,6-9H,4-5H2,(H2,18,24,25)(H2,19,20,21,22,23);5-8,10,17H,3-4H2,1-2H3,(H2,18,19,20,21,22);4*1H. The van der Waals surface area contributed by atoms with Crippen LogP contribution in [0.25, 0.3) is 44.9 Å². The number of hydrogen-bond acceptors (Lipinski definition) is 23. The van der Waals surface area contributed by atoms with Crippen LogP contribution in [0.5, 0.6) is 0 Å². The van der Waals surface area contributed by atoms with Crippen LogP contribution in [0.3, 0.4) is 0 Å². The van der Waals surface area contributed by atoms with E-state index in [4.69, 9.17) is 39.8 Å². The molecular formula is C67H72Cl2F2N24O6S3. The van der Waals surface area contributed by atoms with E-state index in [1.807, 2.05) is 38.1 Å². The number of thiophene rings is 1. The summed E-state index contributed by atoms with van der Waals surface area (Å²) in [5.41, 5.74) is 18.7. The molecule has 0 saturated heterocycles. The van der Waals surface area contributed by atoms with Crippen LogP contribution in [-0.4, -0.2) is 116 Å². The lowest BCUT2D eigenvalue weighted by molar-refractivity contribution is 0.0992. The number of nitrogens with one attached hydrogen (secondary N) is 9. The smallest absolute Gasteiger partial charge is 0.250 e. The molecule has 0 radical (unpaired) electrons. The summed E-state index contributed by atoms with van der Waals surface area (Å²) < 4.78 is 77.5. The van der Waals surface area contributed by atoms with Crippen molar-refractivity contribution in [2.24, 2.45) is 16.6 Å². The molecule has 16 rings (SSSR count). The van der Waals surface area contributed by atoms with Gasteiger partial charge in [0, 0.05) is 117 Å². The fourth-order valence-electron chi connectivity index (χ4n) is 10.3. The van der Waals surface area contributed by atoms with E-state index in [1.165, 1.54) is 63.1 Å². The fraction of sp³-hybridized carbons (Fsp3) is 0.224. The Hall–Kier alpha value is -11.1. The molecule has 4 aliphatic rings. The molecule has 12 aromatic rings. The Morgan fingerprint density at radius 3 is 1.25 bits per heavy atom. The van der Waals surface area contributed by atoms with Crippen LogP contribution in [0.15, 0.2) is 131 Å². The molecule has 3 aromatic carbocycles. The summed E-state index contributed by atoms with van der Waals surface area (Å²) in [6.45, 7) is 3.82. The predicted molar refractivity (Wildman–Crippen MR) is 396 cm³/mol. The minimum atomic E-state index is -3.86. The fourth-order valence-corrected chi connectivity index (χ4v) is 13.4. The Kier molecular flexibility index (Phi) is 20.6. The van der Waals surface area contributed by atoms with Gasteiger partial charge in [0.1, 0.15) is 15.8 Å². The highest BCUT2D eigenvalue weighted by Gasteiger charge is 2.30. The van der Waals surface area contributed by atoms with Crippen LogP contribution in [-0.2, 0) is 20.0 Å². The summed E-state index contributed by atoms with van der Waals surface area (Å²) in [5, 5.41) is 46.5. The summed E-state index contributed by atoms with van der Waals surface area (Å²) >= 11 is 13.1. The number of aromatic nitrogens is 16. The second kappa shape index (κ2) is 30.1. The highest BCUT2D eigenvalue weighted by molar-refractivity contribution is 7.91. The zero-order chi connectivity index (χ0) is 73.1. The van der Waals surface area contributed by atoms with Crippen molar-refractivity contribution in [2.75, 3.05) is 28.3 Å². The van der Waals surface area contributed by atoms with Crippen molar-refractivity contribution in [3.63, 3.8) is 0 Å². The zero-order valence-corrected chi connectivity index (χ0v) is 59.3. The number of halogens is 4. The number of H-pyrrole nitrogens is 4. The molecule has 4 aliphatic carbocycles. The first-order valence-electron chi connectivity index (χ1n) is 32.3. The number of sulfonamides is 2. The summed E-state index contributed by atoms with van der Waals surface area (Å²) in [7, 11) is -5.94. The maximum absolute atomic E-state index is 14.1. The summed E-state index contributed by atoms with van der Waals surface area (Å²) in [4.78, 5) is 57.6. The van der Waals surface area contributed by atoms with E-state index in [0.29, 0.717) is 96.8 Å². The monoisotopic (exact) mass is 1510 g/mol. The van der Waals surface area contributed by atoms with Crippen LogP contribution in [0.1, 0.15) is 135 Å². The first-order valence-corrected chi connectivity index (χ1v) is 36.9. The molecule has 9 heterocycles. The molecule has 9 aromatic heterocycles. The number of nitrogens with zero attached hydrogens (tertiary/aromatic N) is 12. The molecule has 542 valence electrons. The average Bonchev–Trinajstić information content (AvgIpc) is 1.62. The second-order valence-electron chi connectivity index (χ2n) is 24.7. The third-order valence-corrected chi connectivity index (χ3v) is 21.2. The van der Waals surface area contributed by atoms with Crippen LogP contribution >= 0.6 is 34.5 Å². The van der Waals surface area contributed by atoms with E-state index >= 15 is 0 Å². The average molecular weight is 1510 g/mol. The second-order valence-corrected chi connectivity index (χ2v) is 30.3. The molecule has 37 heteroatoms. The van der Waals surface area contributed by atoms with Gasteiger partial charge >= 0.3 is 0 Å². The maximum atomic E-state index is 14.1. The molecule has 104 heavy (non-hydrogen) atoms. The number of carbonyl (C=O) groups excluding carboxylic acids is 2. The van der Waals surface area contributed by atoms with Gasteiger partial charge in [0.2, 0.25) is 31.9 Å². The number of nitrogens with two attached hydrogens (primary N) is 3. The lowest BCUT2D eigenvalue weighted by Gasteiger charge is -2.09. The van der Waals surface area contributed by atoms with Crippen molar-refractivity contribution in [2.45, 2.75) is 98.0 Å². The van der Waals surface area contributed by atoms with Gasteiger partial charge in [-0.05, 0) is 133 Å². The number of aromatic amines is 4. The molecule has 4 saturated carbocycles. The Balaban J connectivity index is 0.000000164. The number of primary amides is 2. The third-order valence-electron chi connectivity index (χ3n) is 16.6. The van der Waals surface area contributed by atoms with Crippen LogP contribution in [0, 0.1) is 25.5 Å². The minimum absolute atomic E-state index is 0. The van der Waals surface area contributed by atoms with E-state index in [-0.39, 0.29) is 54.2 Å². The molecule has 2 amide bonds. The minimum Gasteiger partial charge on any atom is -0.366 e. The largest absolute Gasteiger partial charge is 0.366 e. The van der Waals surface area contributed by atoms with E-state index < -0.39 is 43.5 Å². The van der Waals surface area contributed by atoms with Crippen molar-refractivity contribution in [1.29, 1.82) is 0 Å². The highest BCUT2D eigenvalue weighted by atomic mass is 35.5. The van der Waals surface area contributed by atoms with Crippen LogP contribution in [0.4, 0.5) is 55.3 Å². The molecule has 0 spiro atoms. The van der Waals surface area contributed by atoms with E-state index in [0.717, 1.165) is 83.3 Å². The molecule has 0 atom stereocenters. The maximum Gasteiger partial charge on any atom is 0.250 e. The molecule has 0 unspecified atom stereocenters. The van der Waals surface area contributed by atoms with Crippen molar-refractivity contribution >= 4 is 113 Å². The van der Waals surface area contributed by atoms with Gasteiger partial charge in [-0.2, -0.15) is 20.4 Å². The van der Waals surface area contributed by atoms with Gasteiger partial charge in [-0.25, -0.2) is 75.3 Å². The quantitative estimate of drug-likeness (QED) is 0.0318. The van der Waals surface area contributed by atoms with Crippen molar-refractivity contribution in [1.82, 2.24) is 85.4 Å². The van der Waals surface area contributed by atoms with Crippen molar-refractivity contribution in [3.8, 4) is 44.9 Å². The molecule has 4 fully saturated rings. The van der Waals surface area contributed by atoms with Gasteiger partial charge in [-0.3, -0.25) is 30.0 Å². The molecule has 15 N–H and O–H groups in total. The van der Waals surface area contributed by atoms with Crippen molar-refractivity contribution in [3.05, 3.63) is 189 Å². The Labute approximate surface area is 612 Å². The van der Waals surface area contributed by atoms with Gasteiger partial charge in [-0.1, -0.05) is 35.3 Å². The topological polar surface area (TPSA) is 458 Å². The van der Waals surface area contributed by atoms with Gasteiger partial charge in [-0.15, -0.1) is 11.3 Å². The number of aryl methyl sites for hydroxylation is 2. The van der Waals surface area contributed by atoms with Gasteiger partial charge < -0.3 is 32.7 Å². The lowest BCUT2D eigenvalue weighted by Crippen LogP contribution is -2.17. The van der Waals surface area contributed by atoms with E-state index in [2.05, 4.69) is 107 Å². The number of rotatable bonds is 21. The SMILES string of the molecule is CNS(=O)(=O)c1ccc(-c2ncc(C)c(Nc3cc(C4CC4)[nH]n3)n2)s1.Cc1cnc(-c2ccc(Cl)c(C(N)=O)c2)nc1Nc1cc(C2CC2)[nH]n1.NC(=O)c1cc(-c2ncc(F)c(Nc3cc(C4CC4)[nH]n3)n2)ccc1Cl.NS(=O)(=O)c1cccc(-c2ncc(F)c(Nc3cc(C4CC4)[nH]n3)n2)c1.[HH].[HH].[HH].[HH]. The molecule has 0 aliphatic heterocycles. The molecule has 30 nitrogen and oxygen atoms in total. The molecular weight excluding hydrogens is 1440 g/mol. The van der Waals surface area contributed by atoms with Crippen LogP contribution < -0.4 is 42.6 Å². The molecule has 0 bridgehead atoms. The lowest BCUT2D eigenvalue weighted by atomic mass is 10.1. The Morgan fingerprint density at radius 2 is 0.865 bits per heavy atom.